The third kappa shape index (κ3) is 6.54. The highest BCUT2D eigenvalue weighted by molar-refractivity contribution is 5.36. The Bertz CT molecular complexity index is 541. The lowest BCUT2D eigenvalue weighted by atomic mass is 9.69. The fourth-order valence-corrected chi connectivity index (χ4v) is 5.69. The van der Waals surface area contributed by atoms with Crippen molar-refractivity contribution in [3.05, 3.63) is 29.3 Å². The maximum absolute atomic E-state index is 9.68. The van der Waals surface area contributed by atoms with E-state index in [-0.39, 0.29) is 0 Å². The first-order chi connectivity index (χ1) is 13.3. The van der Waals surface area contributed by atoms with Crippen molar-refractivity contribution in [2.45, 2.75) is 110 Å². The summed E-state index contributed by atoms with van der Waals surface area (Å²) < 4.78 is 0. The van der Waals surface area contributed by atoms with Gasteiger partial charge in [0.25, 0.3) is 0 Å². The molecule has 1 fully saturated rings. The number of hydrogen-bond donors (Lipinski definition) is 1. The standard InChI is InChI=1S/C26H42O/c1-2-3-4-5-6-7-8-9-10-21-11-13-22(14-12-21)23-15-16-25-20-26(27)18-17-24(25)19-23/h17-18,20-23,27H,2-16,19H2,1H3. The molecule has 1 saturated carbocycles. The summed E-state index contributed by atoms with van der Waals surface area (Å²) >= 11 is 0. The molecule has 1 aromatic carbocycles. The van der Waals surface area contributed by atoms with Crippen LogP contribution in [0.1, 0.15) is 108 Å². The SMILES string of the molecule is CCCCCCCCCCC1CCC(C2CCc3cc(O)ccc3C2)CC1. The summed E-state index contributed by atoms with van der Waals surface area (Å²) in [5.74, 6) is 3.32. The molecule has 0 bridgehead atoms. The topological polar surface area (TPSA) is 20.2 Å². The second-order valence-electron chi connectivity index (χ2n) is 9.50. The number of aromatic hydroxyl groups is 1. The van der Waals surface area contributed by atoms with E-state index in [1.807, 2.05) is 12.1 Å². The van der Waals surface area contributed by atoms with Gasteiger partial charge in [0.2, 0.25) is 0 Å². The van der Waals surface area contributed by atoms with Crippen molar-refractivity contribution in [2.75, 3.05) is 0 Å². The Morgan fingerprint density at radius 1 is 0.778 bits per heavy atom. The molecule has 152 valence electrons. The largest absolute Gasteiger partial charge is 0.508 e. The number of fused-ring (bicyclic) bond motifs is 1. The molecule has 1 aromatic rings. The van der Waals surface area contributed by atoms with Gasteiger partial charge in [-0.05, 0) is 73.1 Å². The molecule has 0 heterocycles. The molecular formula is C26H42O. The Labute approximate surface area is 168 Å². The molecule has 1 atom stereocenters. The van der Waals surface area contributed by atoms with Crippen LogP contribution in [0.15, 0.2) is 18.2 Å². The Kier molecular flexibility index (Phi) is 8.55. The van der Waals surface area contributed by atoms with Crippen molar-refractivity contribution in [1.29, 1.82) is 0 Å². The summed E-state index contributed by atoms with van der Waals surface area (Å²) in [6.07, 6.45) is 22.8. The Morgan fingerprint density at radius 2 is 1.48 bits per heavy atom. The van der Waals surface area contributed by atoms with E-state index in [9.17, 15) is 5.11 Å². The van der Waals surface area contributed by atoms with Crippen LogP contribution in [0, 0.1) is 17.8 Å². The van der Waals surface area contributed by atoms with E-state index in [0.717, 1.165) is 17.8 Å². The molecule has 1 heteroatoms. The second-order valence-corrected chi connectivity index (χ2v) is 9.50. The molecule has 1 nitrogen and oxygen atoms in total. The zero-order chi connectivity index (χ0) is 18.9. The van der Waals surface area contributed by atoms with E-state index in [1.165, 1.54) is 114 Å². The van der Waals surface area contributed by atoms with Crippen molar-refractivity contribution in [2.24, 2.45) is 17.8 Å². The third-order valence-corrected chi connectivity index (χ3v) is 7.48. The monoisotopic (exact) mass is 370 g/mol. The van der Waals surface area contributed by atoms with Crippen molar-refractivity contribution >= 4 is 0 Å². The zero-order valence-electron chi connectivity index (χ0n) is 17.7. The predicted octanol–water partition coefficient (Wildman–Crippen LogP) is 7.83. The molecule has 2 aliphatic rings. The summed E-state index contributed by atoms with van der Waals surface area (Å²) in [4.78, 5) is 0. The number of hydrogen-bond acceptors (Lipinski definition) is 1. The van der Waals surface area contributed by atoms with Crippen LogP contribution in [-0.4, -0.2) is 5.11 Å². The lowest BCUT2D eigenvalue weighted by Gasteiger charge is -2.36. The normalized spacial score (nSPS) is 25.3. The molecule has 2 aliphatic carbocycles. The van der Waals surface area contributed by atoms with Crippen LogP contribution >= 0.6 is 0 Å². The van der Waals surface area contributed by atoms with Gasteiger partial charge in [-0.3, -0.25) is 0 Å². The number of unbranched alkanes of at least 4 members (excludes halogenated alkanes) is 7. The van der Waals surface area contributed by atoms with Gasteiger partial charge in [0, 0.05) is 0 Å². The van der Waals surface area contributed by atoms with Crippen LogP contribution in [0.3, 0.4) is 0 Å². The van der Waals surface area contributed by atoms with Crippen LogP contribution < -0.4 is 0 Å². The number of benzene rings is 1. The van der Waals surface area contributed by atoms with E-state index in [4.69, 9.17) is 0 Å². The molecular weight excluding hydrogens is 328 g/mol. The molecule has 0 aliphatic heterocycles. The average Bonchev–Trinajstić information content (AvgIpc) is 2.70. The summed E-state index contributed by atoms with van der Waals surface area (Å²) in [5.41, 5.74) is 2.90. The van der Waals surface area contributed by atoms with Gasteiger partial charge in [0.15, 0.2) is 0 Å². The average molecular weight is 371 g/mol. The summed E-state index contributed by atoms with van der Waals surface area (Å²) in [6.45, 7) is 2.30. The van der Waals surface area contributed by atoms with Gasteiger partial charge in [0.05, 0.1) is 0 Å². The quantitative estimate of drug-likeness (QED) is 0.416. The minimum Gasteiger partial charge on any atom is -0.508 e. The highest BCUT2D eigenvalue weighted by Crippen LogP contribution is 2.41. The maximum Gasteiger partial charge on any atom is 0.115 e. The molecule has 1 N–H and O–H groups in total. The van der Waals surface area contributed by atoms with E-state index in [1.54, 1.807) is 0 Å². The highest BCUT2D eigenvalue weighted by atomic mass is 16.3. The lowest BCUT2D eigenvalue weighted by molar-refractivity contribution is 0.182. The van der Waals surface area contributed by atoms with Crippen LogP contribution in [0.2, 0.25) is 0 Å². The van der Waals surface area contributed by atoms with Crippen molar-refractivity contribution in [3.63, 3.8) is 0 Å². The van der Waals surface area contributed by atoms with Crippen LogP contribution in [0.5, 0.6) is 5.75 Å². The number of aryl methyl sites for hydroxylation is 1. The first kappa shape index (κ1) is 20.7. The molecule has 3 rings (SSSR count). The van der Waals surface area contributed by atoms with Crippen molar-refractivity contribution in [1.82, 2.24) is 0 Å². The molecule has 0 saturated heterocycles. The van der Waals surface area contributed by atoms with Gasteiger partial charge in [-0.15, -0.1) is 0 Å². The first-order valence-corrected chi connectivity index (χ1v) is 12.1. The maximum atomic E-state index is 9.68. The fraction of sp³-hybridized carbons (Fsp3) is 0.769. The minimum absolute atomic E-state index is 0.439. The molecule has 0 spiro atoms. The summed E-state index contributed by atoms with van der Waals surface area (Å²) in [5, 5.41) is 9.68. The van der Waals surface area contributed by atoms with E-state index < -0.39 is 0 Å². The van der Waals surface area contributed by atoms with Gasteiger partial charge in [0.1, 0.15) is 5.75 Å². The van der Waals surface area contributed by atoms with Crippen LogP contribution in [-0.2, 0) is 12.8 Å². The van der Waals surface area contributed by atoms with Gasteiger partial charge in [-0.25, -0.2) is 0 Å². The number of phenols is 1. The Balaban J connectivity index is 1.29. The smallest absolute Gasteiger partial charge is 0.115 e. The molecule has 0 amide bonds. The van der Waals surface area contributed by atoms with E-state index >= 15 is 0 Å². The zero-order valence-corrected chi connectivity index (χ0v) is 17.7. The highest BCUT2D eigenvalue weighted by Gasteiger charge is 2.30. The van der Waals surface area contributed by atoms with Gasteiger partial charge in [-0.2, -0.15) is 0 Å². The summed E-state index contributed by atoms with van der Waals surface area (Å²) in [7, 11) is 0. The Hall–Kier alpha value is -0.980. The Morgan fingerprint density at radius 3 is 2.22 bits per heavy atom. The number of phenolic OH excluding ortho intramolecular Hbond substituents is 1. The van der Waals surface area contributed by atoms with E-state index in [0.29, 0.717) is 5.75 Å². The van der Waals surface area contributed by atoms with Gasteiger partial charge < -0.3 is 5.11 Å². The van der Waals surface area contributed by atoms with Crippen LogP contribution in [0.4, 0.5) is 0 Å². The first-order valence-electron chi connectivity index (χ1n) is 12.1. The second kappa shape index (κ2) is 11.1. The van der Waals surface area contributed by atoms with Gasteiger partial charge >= 0.3 is 0 Å². The van der Waals surface area contributed by atoms with Crippen molar-refractivity contribution < 1.29 is 5.11 Å². The fourth-order valence-electron chi connectivity index (χ4n) is 5.69. The predicted molar refractivity (Wildman–Crippen MR) is 116 cm³/mol. The number of rotatable bonds is 10. The lowest BCUT2D eigenvalue weighted by Crippen LogP contribution is -2.26. The third-order valence-electron chi connectivity index (χ3n) is 7.48. The van der Waals surface area contributed by atoms with Gasteiger partial charge in [-0.1, -0.05) is 83.6 Å². The van der Waals surface area contributed by atoms with Crippen LogP contribution in [0.25, 0.3) is 0 Å². The minimum atomic E-state index is 0.439. The molecule has 27 heavy (non-hydrogen) atoms. The molecule has 1 unspecified atom stereocenters. The van der Waals surface area contributed by atoms with E-state index in [2.05, 4.69) is 13.0 Å². The molecule has 0 aromatic heterocycles. The van der Waals surface area contributed by atoms with Crippen molar-refractivity contribution in [3.8, 4) is 5.75 Å². The molecule has 0 radical (unpaired) electrons. The summed E-state index contributed by atoms with van der Waals surface area (Å²) in [6, 6.07) is 6.04.